The average molecular weight is 373 g/mol. The molecule has 3 aromatic rings. The van der Waals surface area contributed by atoms with E-state index < -0.39 is 0 Å². The first kappa shape index (κ1) is 17.1. The summed E-state index contributed by atoms with van der Waals surface area (Å²) in [6, 6.07) is 7.94. The Morgan fingerprint density at radius 3 is 2.68 bits per heavy atom. The molecule has 1 aliphatic heterocycles. The molecule has 142 valence electrons. The highest BCUT2D eigenvalue weighted by Gasteiger charge is 2.30. The molecule has 0 radical (unpaired) electrons. The summed E-state index contributed by atoms with van der Waals surface area (Å²) in [7, 11) is 0. The molecule has 0 fully saturated rings. The molecule has 0 saturated heterocycles. The van der Waals surface area contributed by atoms with E-state index >= 15 is 0 Å². The second kappa shape index (κ2) is 6.86. The molecule has 2 unspecified atom stereocenters. The molecule has 3 aromatic heterocycles. The Morgan fingerprint density at radius 1 is 1.07 bits per heavy atom. The van der Waals surface area contributed by atoms with Gasteiger partial charge in [-0.2, -0.15) is 0 Å². The minimum Gasteiger partial charge on any atom is -0.339 e. The standard InChI is InChI=1S/C22H23N5O/c1-15-5-9-26-21(28)12-20(17-2-6-23-7-3-17)25-22(26)27(15)14-16-10-18-4-8-24-13-19(18)11-16/h2-4,6-8,12-13,15-16H,5,9-11,14H2,1H3. The molecule has 28 heavy (non-hydrogen) atoms. The van der Waals surface area contributed by atoms with E-state index in [1.165, 1.54) is 11.1 Å². The largest absolute Gasteiger partial charge is 0.339 e. The maximum Gasteiger partial charge on any atom is 0.255 e. The number of nitrogens with zero attached hydrogens (tertiary/aromatic N) is 5. The molecule has 2 aliphatic rings. The zero-order valence-corrected chi connectivity index (χ0v) is 16.0. The predicted molar refractivity (Wildman–Crippen MR) is 108 cm³/mol. The molecule has 0 N–H and O–H groups in total. The van der Waals surface area contributed by atoms with E-state index in [1.807, 2.05) is 29.1 Å². The Kier molecular flexibility index (Phi) is 4.19. The van der Waals surface area contributed by atoms with Crippen molar-refractivity contribution in [2.24, 2.45) is 5.92 Å². The summed E-state index contributed by atoms with van der Waals surface area (Å²) in [6.07, 6.45) is 10.4. The van der Waals surface area contributed by atoms with Crippen LogP contribution >= 0.6 is 0 Å². The molecule has 6 nitrogen and oxygen atoms in total. The van der Waals surface area contributed by atoms with E-state index in [4.69, 9.17) is 4.98 Å². The van der Waals surface area contributed by atoms with Gasteiger partial charge in [0.05, 0.1) is 5.69 Å². The summed E-state index contributed by atoms with van der Waals surface area (Å²) in [4.78, 5) is 28.4. The van der Waals surface area contributed by atoms with Crippen LogP contribution in [0.15, 0.2) is 53.8 Å². The second-order valence-electron chi connectivity index (χ2n) is 7.88. The fourth-order valence-electron chi connectivity index (χ4n) is 4.46. The van der Waals surface area contributed by atoms with Crippen molar-refractivity contribution in [1.82, 2.24) is 19.5 Å². The minimum atomic E-state index is 0.0209. The summed E-state index contributed by atoms with van der Waals surface area (Å²) in [5, 5.41) is 0. The Hall–Kier alpha value is -3.02. The summed E-state index contributed by atoms with van der Waals surface area (Å²) < 4.78 is 1.83. The molecule has 1 aliphatic carbocycles. The lowest BCUT2D eigenvalue weighted by Gasteiger charge is -2.38. The fourth-order valence-corrected chi connectivity index (χ4v) is 4.46. The first-order valence-corrected chi connectivity index (χ1v) is 9.90. The van der Waals surface area contributed by atoms with Gasteiger partial charge in [0, 0.05) is 55.5 Å². The third kappa shape index (κ3) is 2.99. The van der Waals surface area contributed by atoms with Gasteiger partial charge in [0.15, 0.2) is 0 Å². The molecule has 0 saturated carbocycles. The number of pyridine rings is 2. The first-order chi connectivity index (χ1) is 13.7. The Labute approximate surface area is 163 Å². The van der Waals surface area contributed by atoms with E-state index in [2.05, 4.69) is 27.9 Å². The number of rotatable bonds is 3. The van der Waals surface area contributed by atoms with Crippen molar-refractivity contribution in [3.63, 3.8) is 0 Å². The van der Waals surface area contributed by atoms with Crippen molar-refractivity contribution in [3.05, 3.63) is 70.5 Å². The van der Waals surface area contributed by atoms with Crippen LogP contribution in [0.1, 0.15) is 24.5 Å². The van der Waals surface area contributed by atoms with E-state index in [0.29, 0.717) is 12.0 Å². The fraction of sp³-hybridized carbons (Fsp3) is 0.364. The molecule has 0 amide bonds. The minimum absolute atomic E-state index is 0.0209. The maximum absolute atomic E-state index is 12.8. The summed E-state index contributed by atoms with van der Waals surface area (Å²) in [5.74, 6) is 1.32. The third-order valence-corrected chi connectivity index (χ3v) is 6.00. The highest BCUT2D eigenvalue weighted by molar-refractivity contribution is 5.59. The Balaban J connectivity index is 1.49. The van der Waals surface area contributed by atoms with Crippen molar-refractivity contribution >= 4 is 5.95 Å². The lowest BCUT2D eigenvalue weighted by Crippen LogP contribution is -2.46. The van der Waals surface area contributed by atoms with Crippen LogP contribution in [0.5, 0.6) is 0 Å². The number of hydrogen-bond donors (Lipinski definition) is 0. The van der Waals surface area contributed by atoms with Crippen LogP contribution < -0.4 is 10.5 Å². The van der Waals surface area contributed by atoms with Gasteiger partial charge in [0.2, 0.25) is 5.95 Å². The van der Waals surface area contributed by atoms with Crippen molar-refractivity contribution < 1.29 is 0 Å². The van der Waals surface area contributed by atoms with Crippen molar-refractivity contribution in [2.75, 3.05) is 11.4 Å². The Morgan fingerprint density at radius 2 is 1.86 bits per heavy atom. The quantitative estimate of drug-likeness (QED) is 0.706. The Bertz CT molecular complexity index is 1040. The smallest absolute Gasteiger partial charge is 0.255 e. The predicted octanol–water partition coefficient (Wildman–Crippen LogP) is 2.71. The van der Waals surface area contributed by atoms with Gasteiger partial charge in [-0.05, 0) is 61.4 Å². The molecule has 0 bridgehead atoms. The number of aromatic nitrogens is 4. The van der Waals surface area contributed by atoms with Gasteiger partial charge >= 0.3 is 0 Å². The monoisotopic (exact) mass is 373 g/mol. The number of anilines is 1. The lowest BCUT2D eigenvalue weighted by atomic mass is 10.0. The molecule has 0 spiro atoms. The number of hydrogen-bond acceptors (Lipinski definition) is 5. The van der Waals surface area contributed by atoms with Crippen LogP contribution in [0.3, 0.4) is 0 Å². The summed E-state index contributed by atoms with van der Waals surface area (Å²) in [5.41, 5.74) is 4.42. The molecule has 0 aromatic carbocycles. The van der Waals surface area contributed by atoms with E-state index in [-0.39, 0.29) is 5.56 Å². The topological polar surface area (TPSA) is 63.9 Å². The zero-order chi connectivity index (χ0) is 19.1. The van der Waals surface area contributed by atoms with Crippen LogP contribution in [0.25, 0.3) is 11.3 Å². The zero-order valence-electron chi connectivity index (χ0n) is 16.0. The molecule has 5 rings (SSSR count). The summed E-state index contributed by atoms with van der Waals surface area (Å²) in [6.45, 7) is 3.87. The highest BCUT2D eigenvalue weighted by atomic mass is 16.1. The molecular formula is C22H23N5O. The molecular weight excluding hydrogens is 350 g/mol. The first-order valence-electron chi connectivity index (χ1n) is 9.90. The highest BCUT2D eigenvalue weighted by Crippen LogP contribution is 2.31. The van der Waals surface area contributed by atoms with Gasteiger partial charge in [-0.3, -0.25) is 19.3 Å². The van der Waals surface area contributed by atoms with Crippen LogP contribution in [0.4, 0.5) is 5.95 Å². The molecule has 4 heterocycles. The van der Waals surface area contributed by atoms with Gasteiger partial charge in [0.1, 0.15) is 0 Å². The van der Waals surface area contributed by atoms with Crippen LogP contribution in [-0.4, -0.2) is 32.1 Å². The van der Waals surface area contributed by atoms with Gasteiger partial charge in [-0.15, -0.1) is 0 Å². The molecule has 2 atom stereocenters. The van der Waals surface area contributed by atoms with E-state index in [1.54, 1.807) is 18.5 Å². The van der Waals surface area contributed by atoms with Crippen LogP contribution in [0.2, 0.25) is 0 Å². The normalized spacial score (nSPS) is 20.7. The van der Waals surface area contributed by atoms with Gasteiger partial charge in [0.25, 0.3) is 5.56 Å². The lowest BCUT2D eigenvalue weighted by molar-refractivity contribution is 0.419. The maximum atomic E-state index is 12.8. The third-order valence-electron chi connectivity index (χ3n) is 6.00. The SMILES string of the molecule is CC1CCn2c(nc(-c3ccncc3)cc2=O)N1CC1Cc2ccncc2C1. The van der Waals surface area contributed by atoms with Gasteiger partial charge < -0.3 is 4.90 Å². The van der Waals surface area contributed by atoms with Crippen molar-refractivity contribution in [1.29, 1.82) is 0 Å². The van der Waals surface area contributed by atoms with Gasteiger partial charge in [-0.25, -0.2) is 4.98 Å². The van der Waals surface area contributed by atoms with E-state index in [9.17, 15) is 4.79 Å². The van der Waals surface area contributed by atoms with Crippen LogP contribution in [-0.2, 0) is 19.4 Å². The second-order valence-corrected chi connectivity index (χ2v) is 7.88. The summed E-state index contributed by atoms with van der Waals surface area (Å²) >= 11 is 0. The number of fused-ring (bicyclic) bond motifs is 2. The van der Waals surface area contributed by atoms with E-state index in [0.717, 1.165) is 49.6 Å². The van der Waals surface area contributed by atoms with Crippen molar-refractivity contribution in [3.8, 4) is 11.3 Å². The van der Waals surface area contributed by atoms with Crippen molar-refractivity contribution in [2.45, 2.75) is 38.8 Å². The van der Waals surface area contributed by atoms with Crippen LogP contribution in [0, 0.1) is 5.92 Å². The average Bonchev–Trinajstić information content (AvgIpc) is 3.13. The van der Waals surface area contributed by atoms with Gasteiger partial charge in [-0.1, -0.05) is 0 Å². The molecule has 6 heteroatoms.